The summed E-state index contributed by atoms with van der Waals surface area (Å²) in [6, 6.07) is 8.73. The molecule has 2 aromatic rings. The van der Waals surface area contributed by atoms with Gasteiger partial charge in [0.05, 0.1) is 6.61 Å². The minimum atomic E-state index is -0.0195. The summed E-state index contributed by atoms with van der Waals surface area (Å²) in [4.78, 5) is 12.4. The number of nitrogens with zero attached hydrogens (tertiary/aromatic N) is 1. The fraction of sp³-hybridized carbons (Fsp3) is 0.267. The molecule has 0 saturated carbocycles. The van der Waals surface area contributed by atoms with Crippen molar-refractivity contribution in [3.63, 3.8) is 0 Å². The normalized spacial score (nSPS) is 10.7. The summed E-state index contributed by atoms with van der Waals surface area (Å²) in [5.41, 5.74) is 3.15. The summed E-state index contributed by atoms with van der Waals surface area (Å²) in [6.45, 7) is 4.39. The highest BCUT2D eigenvalue weighted by molar-refractivity contribution is 6.30. The summed E-state index contributed by atoms with van der Waals surface area (Å²) in [5, 5.41) is 9.66. The molecule has 0 aliphatic carbocycles. The number of aryl methyl sites for hydroxylation is 1. The van der Waals surface area contributed by atoms with Crippen LogP contribution in [0.3, 0.4) is 0 Å². The number of benzene rings is 1. The molecule has 1 aromatic heterocycles. The van der Waals surface area contributed by atoms with Gasteiger partial charge in [0.1, 0.15) is 0 Å². The zero-order valence-electron chi connectivity index (χ0n) is 11.0. The van der Waals surface area contributed by atoms with E-state index in [1.165, 1.54) is 0 Å². The molecule has 100 valence electrons. The topological polar surface area (TPSA) is 42.2 Å². The van der Waals surface area contributed by atoms with Crippen molar-refractivity contribution in [1.29, 1.82) is 0 Å². The number of aliphatic hydroxyl groups excluding tert-OH is 1. The Bertz CT molecular complexity index is 599. The van der Waals surface area contributed by atoms with Crippen LogP contribution in [0.5, 0.6) is 0 Å². The van der Waals surface area contributed by atoms with Gasteiger partial charge in [-0.15, -0.1) is 0 Å². The Morgan fingerprint density at radius 1 is 1.26 bits per heavy atom. The fourth-order valence-corrected chi connectivity index (χ4v) is 2.36. The number of hydrogen-bond acceptors (Lipinski definition) is 2. The third kappa shape index (κ3) is 2.72. The SMILES string of the molecule is Cc1cc(C(=O)c2ccc(Cl)cc2)c(C)n1CCO. The Kier molecular flexibility index (Phi) is 4.08. The zero-order valence-corrected chi connectivity index (χ0v) is 11.7. The maximum atomic E-state index is 12.4. The highest BCUT2D eigenvalue weighted by atomic mass is 35.5. The molecule has 0 bridgehead atoms. The number of aliphatic hydroxyl groups is 1. The Labute approximate surface area is 117 Å². The molecule has 0 radical (unpaired) electrons. The molecule has 3 nitrogen and oxygen atoms in total. The Hall–Kier alpha value is -1.58. The molecule has 1 aromatic carbocycles. The second-order valence-corrected chi connectivity index (χ2v) is 4.93. The molecule has 0 aliphatic rings. The minimum absolute atomic E-state index is 0.0195. The monoisotopic (exact) mass is 277 g/mol. The molecular formula is C15H16ClNO2. The molecule has 0 fully saturated rings. The average Bonchev–Trinajstić information content (AvgIpc) is 2.67. The number of carbonyl (C=O) groups is 1. The summed E-state index contributed by atoms with van der Waals surface area (Å²) >= 11 is 5.82. The van der Waals surface area contributed by atoms with Crippen LogP contribution < -0.4 is 0 Å². The first kappa shape index (κ1) is 13.8. The van der Waals surface area contributed by atoms with E-state index in [2.05, 4.69) is 0 Å². The minimum Gasteiger partial charge on any atom is -0.395 e. The van der Waals surface area contributed by atoms with E-state index in [-0.39, 0.29) is 12.4 Å². The van der Waals surface area contributed by atoms with Gasteiger partial charge in [-0.05, 0) is 44.2 Å². The molecule has 0 atom stereocenters. The summed E-state index contributed by atoms with van der Waals surface area (Å²) in [7, 11) is 0. The summed E-state index contributed by atoms with van der Waals surface area (Å²) < 4.78 is 1.95. The van der Waals surface area contributed by atoms with Crippen molar-refractivity contribution in [2.75, 3.05) is 6.61 Å². The van der Waals surface area contributed by atoms with Crippen LogP contribution in [0.15, 0.2) is 30.3 Å². The number of halogens is 1. The lowest BCUT2D eigenvalue weighted by molar-refractivity contribution is 0.103. The van der Waals surface area contributed by atoms with Crippen LogP contribution in [0.2, 0.25) is 5.02 Å². The lowest BCUT2D eigenvalue weighted by Crippen LogP contribution is -2.08. The van der Waals surface area contributed by atoms with Gasteiger partial charge in [0.25, 0.3) is 0 Å². The van der Waals surface area contributed by atoms with Gasteiger partial charge in [-0.3, -0.25) is 4.79 Å². The smallest absolute Gasteiger partial charge is 0.194 e. The molecule has 0 amide bonds. The molecule has 0 aliphatic heterocycles. The molecule has 0 saturated heterocycles. The Morgan fingerprint density at radius 2 is 1.89 bits per heavy atom. The van der Waals surface area contributed by atoms with Crippen molar-refractivity contribution >= 4 is 17.4 Å². The van der Waals surface area contributed by atoms with Crippen molar-refractivity contribution in [2.45, 2.75) is 20.4 Å². The summed E-state index contributed by atoms with van der Waals surface area (Å²) in [5.74, 6) is -0.0195. The van der Waals surface area contributed by atoms with Gasteiger partial charge >= 0.3 is 0 Å². The second kappa shape index (κ2) is 5.59. The van der Waals surface area contributed by atoms with Crippen molar-refractivity contribution in [3.8, 4) is 0 Å². The van der Waals surface area contributed by atoms with Crippen LogP contribution in [0, 0.1) is 13.8 Å². The molecule has 2 rings (SSSR count). The largest absolute Gasteiger partial charge is 0.395 e. The first-order valence-corrected chi connectivity index (χ1v) is 6.50. The van der Waals surface area contributed by atoms with Crippen LogP contribution in [-0.4, -0.2) is 22.1 Å². The third-order valence-corrected chi connectivity index (χ3v) is 3.50. The summed E-state index contributed by atoms with van der Waals surface area (Å²) in [6.07, 6.45) is 0. The van der Waals surface area contributed by atoms with Crippen molar-refractivity contribution in [1.82, 2.24) is 4.57 Å². The first-order chi connectivity index (χ1) is 9.04. The highest BCUT2D eigenvalue weighted by Crippen LogP contribution is 2.20. The zero-order chi connectivity index (χ0) is 14.0. The van der Waals surface area contributed by atoms with Crippen LogP contribution >= 0.6 is 11.6 Å². The van der Waals surface area contributed by atoms with E-state index >= 15 is 0 Å². The van der Waals surface area contributed by atoms with E-state index in [4.69, 9.17) is 16.7 Å². The van der Waals surface area contributed by atoms with Gasteiger partial charge in [-0.25, -0.2) is 0 Å². The molecule has 1 heterocycles. The average molecular weight is 278 g/mol. The van der Waals surface area contributed by atoms with Crippen LogP contribution in [0.4, 0.5) is 0 Å². The second-order valence-electron chi connectivity index (χ2n) is 4.50. The predicted molar refractivity (Wildman–Crippen MR) is 75.9 cm³/mol. The molecule has 1 N–H and O–H groups in total. The quantitative estimate of drug-likeness (QED) is 0.873. The maximum Gasteiger partial charge on any atom is 0.194 e. The van der Waals surface area contributed by atoms with Crippen molar-refractivity contribution in [2.24, 2.45) is 0 Å². The molecule has 0 unspecified atom stereocenters. The van der Waals surface area contributed by atoms with E-state index in [0.717, 1.165) is 11.4 Å². The first-order valence-electron chi connectivity index (χ1n) is 6.12. The van der Waals surface area contributed by atoms with Gasteiger partial charge in [0.2, 0.25) is 0 Å². The van der Waals surface area contributed by atoms with Gasteiger partial charge in [-0.2, -0.15) is 0 Å². The molecule has 4 heteroatoms. The molecule has 0 spiro atoms. The lowest BCUT2D eigenvalue weighted by atomic mass is 10.0. The van der Waals surface area contributed by atoms with Crippen LogP contribution in [0.1, 0.15) is 27.3 Å². The van der Waals surface area contributed by atoms with Gasteiger partial charge in [-0.1, -0.05) is 11.6 Å². The van der Waals surface area contributed by atoms with E-state index < -0.39 is 0 Å². The fourth-order valence-electron chi connectivity index (χ4n) is 2.23. The van der Waals surface area contributed by atoms with Gasteiger partial charge in [0, 0.05) is 34.1 Å². The maximum absolute atomic E-state index is 12.4. The van der Waals surface area contributed by atoms with Crippen molar-refractivity contribution in [3.05, 3.63) is 57.9 Å². The van der Waals surface area contributed by atoms with Crippen LogP contribution in [0.25, 0.3) is 0 Å². The third-order valence-electron chi connectivity index (χ3n) is 3.25. The molecular weight excluding hydrogens is 262 g/mol. The number of aromatic nitrogens is 1. The van der Waals surface area contributed by atoms with E-state index in [9.17, 15) is 4.79 Å². The Morgan fingerprint density at radius 3 is 2.47 bits per heavy atom. The van der Waals surface area contributed by atoms with Gasteiger partial charge in [0.15, 0.2) is 5.78 Å². The number of ketones is 1. The highest BCUT2D eigenvalue weighted by Gasteiger charge is 2.16. The van der Waals surface area contributed by atoms with Crippen molar-refractivity contribution < 1.29 is 9.90 Å². The Balaban J connectivity index is 2.39. The number of carbonyl (C=O) groups excluding carboxylic acids is 1. The van der Waals surface area contributed by atoms with E-state index in [0.29, 0.717) is 22.7 Å². The lowest BCUT2D eigenvalue weighted by Gasteiger charge is -2.07. The number of hydrogen-bond donors (Lipinski definition) is 1. The van der Waals surface area contributed by atoms with E-state index in [1.54, 1.807) is 24.3 Å². The molecule has 19 heavy (non-hydrogen) atoms. The van der Waals surface area contributed by atoms with Crippen LogP contribution in [-0.2, 0) is 6.54 Å². The van der Waals surface area contributed by atoms with E-state index in [1.807, 2.05) is 24.5 Å². The predicted octanol–water partition coefficient (Wildman–Crippen LogP) is 2.98. The standard InChI is InChI=1S/C15H16ClNO2/c1-10-9-14(11(2)17(10)7-8-18)15(19)12-3-5-13(16)6-4-12/h3-6,9,18H,7-8H2,1-2H3. The number of rotatable bonds is 4. The van der Waals surface area contributed by atoms with Gasteiger partial charge < -0.3 is 9.67 Å².